The van der Waals surface area contributed by atoms with Crippen molar-refractivity contribution in [3.05, 3.63) is 77.4 Å². The zero-order chi connectivity index (χ0) is 17.2. The van der Waals surface area contributed by atoms with E-state index >= 15 is 0 Å². The van der Waals surface area contributed by atoms with Gasteiger partial charge in [0.2, 0.25) is 0 Å². The van der Waals surface area contributed by atoms with Gasteiger partial charge in [0.25, 0.3) is 0 Å². The Morgan fingerprint density at radius 3 is 2.68 bits per heavy atom. The Bertz CT molecular complexity index is 1060. The third kappa shape index (κ3) is 3.30. The third-order valence-corrected chi connectivity index (χ3v) is 5.24. The minimum atomic E-state index is 0.389. The van der Waals surface area contributed by atoms with Crippen LogP contribution in [0.4, 0.5) is 0 Å². The molecule has 0 aliphatic carbocycles. The third-order valence-electron chi connectivity index (χ3n) is 4.18. The van der Waals surface area contributed by atoms with Crippen LogP contribution in [0.5, 0.6) is 5.75 Å². The van der Waals surface area contributed by atoms with E-state index in [-0.39, 0.29) is 0 Å². The molecular formula is C21H16ClNOS. The Morgan fingerprint density at radius 2 is 1.80 bits per heavy atom. The maximum Gasteiger partial charge on any atom is 0.136 e. The molecule has 0 aliphatic rings. The molecule has 0 saturated carbocycles. The standard InChI is InChI=1S/C21H16ClNOS/c1-25-17-10-9-15-11-16(21(22)23-19(15)12-17)13-24-20-8-4-6-14-5-2-3-7-18(14)20/h2-12H,13H2,1H3. The second-order valence-corrected chi connectivity index (χ2v) is 7.00. The van der Waals surface area contributed by atoms with Crippen LogP contribution in [0.2, 0.25) is 5.15 Å². The number of pyridine rings is 1. The van der Waals surface area contributed by atoms with Crippen LogP contribution in [-0.2, 0) is 6.61 Å². The highest BCUT2D eigenvalue weighted by molar-refractivity contribution is 7.98. The van der Waals surface area contributed by atoms with E-state index in [1.165, 1.54) is 4.90 Å². The summed E-state index contributed by atoms with van der Waals surface area (Å²) in [6.45, 7) is 0.389. The van der Waals surface area contributed by atoms with Crippen LogP contribution in [-0.4, -0.2) is 11.2 Å². The predicted molar refractivity (Wildman–Crippen MR) is 107 cm³/mol. The fourth-order valence-corrected chi connectivity index (χ4v) is 3.51. The monoisotopic (exact) mass is 365 g/mol. The van der Waals surface area contributed by atoms with Crippen molar-refractivity contribution in [3.63, 3.8) is 0 Å². The molecule has 1 heterocycles. The maximum atomic E-state index is 6.39. The van der Waals surface area contributed by atoms with Crippen LogP contribution in [0.25, 0.3) is 21.7 Å². The largest absolute Gasteiger partial charge is 0.488 e. The summed E-state index contributed by atoms with van der Waals surface area (Å²) in [6, 6.07) is 22.5. The number of rotatable bonds is 4. The molecule has 0 saturated heterocycles. The molecule has 25 heavy (non-hydrogen) atoms. The second-order valence-electron chi connectivity index (χ2n) is 5.76. The molecule has 4 aromatic rings. The normalized spacial score (nSPS) is 11.1. The van der Waals surface area contributed by atoms with E-state index < -0.39 is 0 Å². The van der Waals surface area contributed by atoms with Crippen LogP contribution in [0.3, 0.4) is 0 Å². The lowest BCUT2D eigenvalue weighted by atomic mass is 10.1. The van der Waals surface area contributed by atoms with Crippen LogP contribution < -0.4 is 4.74 Å². The molecule has 2 nitrogen and oxygen atoms in total. The number of nitrogens with zero attached hydrogens (tertiary/aromatic N) is 1. The van der Waals surface area contributed by atoms with E-state index in [4.69, 9.17) is 16.3 Å². The summed E-state index contributed by atoms with van der Waals surface area (Å²) in [6.07, 6.45) is 2.05. The number of hydrogen-bond donors (Lipinski definition) is 0. The predicted octanol–water partition coefficient (Wildman–Crippen LogP) is 6.34. The van der Waals surface area contributed by atoms with Crippen molar-refractivity contribution in [3.8, 4) is 5.75 Å². The average molecular weight is 366 g/mol. The summed E-state index contributed by atoms with van der Waals surface area (Å²) in [5.41, 5.74) is 1.80. The highest BCUT2D eigenvalue weighted by atomic mass is 35.5. The average Bonchev–Trinajstić information content (AvgIpc) is 2.66. The van der Waals surface area contributed by atoms with Crippen LogP contribution >= 0.6 is 23.4 Å². The molecule has 0 aliphatic heterocycles. The van der Waals surface area contributed by atoms with Gasteiger partial charge in [0, 0.05) is 21.2 Å². The zero-order valence-corrected chi connectivity index (χ0v) is 15.3. The van der Waals surface area contributed by atoms with Gasteiger partial charge in [-0.05, 0) is 35.9 Å². The number of hydrogen-bond acceptors (Lipinski definition) is 3. The Kier molecular flexibility index (Phi) is 4.51. The molecule has 0 radical (unpaired) electrons. The second kappa shape index (κ2) is 6.95. The van der Waals surface area contributed by atoms with E-state index in [0.29, 0.717) is 11.8 Å². The number of aromatic nitrogens is 1. The van der Waals surface area contributed by atoms with Gasteiger partial charge >= 0.3 is 0 Å². The van der Waals surface area contributed by atoms with Crippen molar-refractivity contribution < 1.29 is 4.74 Å². The van der Waals surface area contributed by atoms with Crippen LogP contribution in [0.1, 0.15) is 5.56 Å². The van der Waals surface area contributed by atoms with Gasteiger partial charge in [-0.2, -0.15) is 0 Å². The van der Waals surface area contributed by atoms with Crippen LogP contribution in [0, 0.1) is 0 Å². The van der Waals surface area contributed by atoms with Gasteiger partial charge in [-0.3, -0.25) is 0 Å². The molecular weight excluding hydrogens is 350 g/mol. The van der Waals surface area contributed by atoms with Crippen LogP contribution in [0.15, 0.2) is 71.6 Å². The maximum absolute atomic E-state index is 6.39. The lowest BCUT2D eigenvalue weighted by Gasteiger charge is -2.11. The first-order valence-electron chi connectivity index (χ1n) is 7.98. The van der Waals surface area contributed by atoms with Gasteiger partial charge < -0.3 is 4.74 Å². The summed E-state index contributed by atoms with van der Waals surface area (Å²) in [5, 5.41) is 3.82. The summed E-state index contributed by atoms with van der Waals surface area (Å²) < 4.78 is 6.05. The summed E-state index contributed by atoms with van der Waals surface area (Å²) >= 11 is 8.08. The number of ether oxygens (including phenoxy) is 1. The van der Waals surface area contributed by atoms with Gasteiger partial charge in [0.15, 0.2) is 0 Å². The fraction of sp³-hybridized carbons (Fsp3) is 0.0952. The minimum Gasteiger partial charge on any atom is -0.488 e. The number of benzene rings is 3. The summed E-state index contributed by atoms with van der Waals surface area (Å²) in [4.78, 5) is 5.71. The van der Waals surface area contributed by atoms with Crippen molar-refractivity contribution in [1.29, 1.82) is 0 Å². The molecule has 0 bridgehead atoms. The zero-order valence-electron chi connectivity index (χ0n) is 13.7. The summed E-state index contributed by atoms with van der Waals surface area (Å²) in [5.74, 6) is 0.854. The van der Waals surface area contributed by atoms with Gasteiger partial charge in [0.1, 0.15) is 17.5 Å². The first-order valence-corrected chi connectivity index (χ1v) is 9.58. The lowest BCUT2D eigenvalue weighted by molar-refractivity contribution is 0.310. The summed E-state index contributed by atoms with van der Waals surface area (Å²) in [7, 11) is 0. The molecule has 3 aromatic carbocycles. The molecule has 0 unspecified atom stereocenters. The molecule has 1 aromatic heterocycles. The van der Waals surface area contributed by atoms with E-state index in [1.807, 2.05) is 24.3 Å². The molecule has 0 atom stereocenters. The SMILES string of the molecule is CSc1ccc2cc(COc3cccc4ccccc34)c(Cl)nc2c1. The van der Waals surface area contributed by atoms with Crippen molar-refractivity contribution in [1.82, 2.24) is 4.98 Å². The molecule has 0 N–H and O–H groups in total. The van der Waals surface area contributed by atoms with Crippen molar-refractivity contribution in [2.45, 2.75) is 11.5 Å². The number of fused-ring (bicyclic) bond motifs is 2. The van der Waals surface area contributed by atoms with Gasteiger partial charge in [-0.1, -0.05) is 54.1 Å². The molecule has 0 fully saturated rings. The first-order chi connectivity index (χ1) is 12.2. The minimum absolute atomic E-state index is 0.389. The molecule has 124 valence electrons. The Hall–Kier alpha value is -2.23. The molecule has 0 amide bonds. The Balaban J connectivity index is 1.65. The molecule has 0 spiro atoms. The van der Waals surface area contributed by atoms with E-state index in [0.717, 1.165) is 33.0 Å². The van der Waals surface area contributed by atoms with Crippen molar-refractivity contribution in [2.75, 3.05) is 6.26 Å². The molecule has 4 rings (SSSR count). The van der Waals surface area contributed by atoms with E-state index in [1.54, 1.807) is 11.8 Å². The van der Waals surface area contributed by atoms with Gasteiger partial charge in [-0.15, -0.1) is 11.8 Å². The Labute approximate surface area is 155 Å². The van der Waals surface area contributed by atoms with Gasteiger partial charge in [0.05, 0.1) is 5.52 Å². The molecule has 4 heteroatoms. The van der Waals surface area contributed by atoms with E-state index in [9.17, 15) is 0 Å². The lowest BCUT2D eigenvalue weighted by Crippen LogP contribution is -1.98. The van der Waals surface area contributed by atoms with Crippen molar-refractivity contribution in [2.24, 2.45) is 0 Å². The Morgan fingerprint density at radius 1 is 0.960 bits per heavy atom. The fourth-order valence-electron chi connectivity index (χ4n) is 2.87. The number of thioether (sulfide) groups is 1. The quantitative estimate of drug-likeness (QED) is 0.311. The van der Waals surface area contributed by atoms with Crippen molar-refractivity contribution >= 4 is 45.0 Å². The van der Waals surface area contributed by atoms with Gasteiger partial charge in [-0.25, -0.2) is 4.98 Å². The first kappa shape index (κ1) is 16.2. The smallest absolute Gasteiger partial charge is 0.136 e. The highest BCUT2D eigenvalue weighted by Gasteiger charge is 2.08. The number of halogens is 1. The van der Waals surface area contributed by atoms with E-state index in [2.05, 4.69) is 53.7 Å². The highest BCUT2D eigenvalue weighted by Crippen LogP contribution is 2.28. The topological polar surface area (TPSA) is 22.1 Å².